The average molecular weight is 236 g/mol. The zero-order valence-electron chi connectivity index (χ0n) is 8.76. The molecule has 6 heteroatoms. The van der Waals surface area contributed by atoms with Crippen LogP contribution in [0.1, 0.15) is 11.4 Å². The summed E-state index contributed by atoms with van der Waals surface area (Å²) in [5, 5.41) is 0.154. The van der Waals surface area contributed by atoms with Gasteiger partial charge in [-0.2, -0.15) is 0 Å². The van der Waals surface area contributed by atoms with E-state index in [1.165, 1.54) is 11.9 Å². The second-order valence-corrected chi connectivity index (χ2v) is 3.64. The van der Waals surface area contributed by atoms with Gasteiger partial charge in [-0.1, -0.05) is 11.6 Å². The first kappa shape index (κ1) is 12.1. The van der Waals surface area contributed by atoms with Gasteiger partial charge < -0.3 is 4.90 Å². The molecule has 0 aromatic carbocycles. The summed E-state index contributed by atoms with van der Waals surface area (Å²) in [5.41, 5.74) is 1.39. The van der Waals surface area contributed by atoms with Crippen LogP contribution in [0.2, 0.25) is 5.15 Å². The Morgan fingerprint density at radius 1 is 1.27 bits per heavy atom. The maximum atomic E-state index is 12.1. The number of alkyl halides is 2. The SMILES string of the molecule is Cc1nc(Cl)c(N(C)CC(F)F)nc1C. The molecule has 0 saturated heterocycles. The van der Waals surface area contributed by atoms with Gasteiger partial charge >= 0.3 is 0 Å². The first-order valence-electron chi connectivity index (χ1n) is 4.42. The van der Waals surface area contributed by atoms with Gasteiger partial charge in [0.05, 0.1) is 17.9 Å². The van der Waals surface area contributed by atoms with Gasteiger partial charge in [-0.25, -0.2) is 18.7 Å². The minimum atomic E-state index is -2.42. The van der Waals surface area contributed by atoms with Gasteiger partial charge in [0, 0.05) is 7.05 Å². The summed E-state index contributed by atoms with van der Waals surface area (Å²) in [4.78, 5) is 9.44. The predicted octanol–water partition coefficient (Wildman–Crippen LogP) is 2.45. The zero-order valence-corrected chi connectivity index (χ0v) is 9.52. The summed E-state index contributed by atoms with van der Waals surface area (Å²) in [6.07, 6.45) is -2.42. The van der Waals surface area contributed by atoms with Crippen molar-refractivity contribution in [3.05, 3.63) is 16.5 Å². The highest BCUT2D eigenvalue weighted by Gasteiger charge is 2.14. The monoisotopic (exact) mass is 235 g/mol. The molecule has 1 rings (SSSR count). The molecular formula is C9H12ClF2N3. The second kappa shape index (κ2) is 4.70. The molecule has 84 valence electrons. The quantitative estimate of drug-likeness (QED) is 0.806. The Balaban J connectivity index is 2.98. The highest BCUT2D eigenvalue weighted by molar-refractivity contribution is 6.31. The fourth-order valence-electron chi connectivity index (χ4n) is 1.10. The molecule has 0 aliphatic heterocycles. The lowest BCUT2D eigenvalue weighted by molar-refractivity contribution is 0.156. The van der Waals surface area contributed by atoms with E-state index in [2.05, 4.69) is 9.97 Å². The largest absolute Gasteiger partial charge is 0.351 e. The fraction of sp³-hybridized carbons (Fsp3) is 0.556. The number of nitrogens with zero attached hydrogens (tertiary/aromatic N) is 3. The maximum absolute atomic E-state index is 12.1. The van der Waals surface area contributed by atoms with Crippen molar-refractivity contribution in [2.24, 2.45) is 0 Å². The summed E-state index contributed by atoms with van der Waals surface area (Å²) >= 11 is 5.82. The number of anilines is 1. The van der Waals surface area contributed by atoms with Crippen molar-refractivity contribution in [3.63, 3.8) is 0 Å². The molecule has 1 heterocycles. The van der Waals surface area contributed by atoms with Crippen LogP contribution in [0.15, 0.2) is 0 Å². The van der Waals surface area contributed by atoms with E-state index < -0.39 is 13.0 Å². The van der Waals surface area contributed by atoms with Crippen molar-refractivity contribution >= 4 is 17.4 Å². The summed E-state index contributed by atoms with van der Waals surface area (Å²) in [6.45, 7) is 3.13. The number of aromatic nitrogens is 2. The summed E-state index contributed by atoms with van der Waals surface area (Å²) in [7, 11) is 1.51. The Bertz CT molecular complexity index is 357. The zero-order chi connectivity index (χ0) is 11.6. The molecule has 0 aliphatic carbocycles. The summed E-state index contributed by atoms with van der Waals surface area (Å²) < 4.78 is 24.3. The molecule has 15 heavy (non-hydrogen) atoms. The maximum Gasteiger partial charge on any atom is 0.255 e. The van der Waals surface area contributed by atoms with Gasteiger partial charge in [0.1, 0.15) is 0 Å². The van der Waals surface area contributed by atoms with Crippen LogP contribution in [0.25, 0.3) is 0 Å². The van der Waals surface area contributed by atoms with E-state index in [4.69, 9.17) is 11.6 Å². The minimum Gasteiger partial charge on any atom is -0.351 e. The van der Waals surface area contributed by atoms with Gasteiger partial charge in [-0.3, -0.25) is 0 Å². The van der Waals surface area contributed by atoms with Crippen LogP contribution in [0.3, 0.4) is 0 Å². The number of halogens is 3. The number of aryl methyl sites for hydroxylation is 2. The number of hydrogen-bond donors (Lipinski definition) is 0. The van der Waals surface area contributed by atoms with Crippen molar-refractivity contribution in [2.75, 3.05) is 18.5 Å². The first-order chi connectivity index (χ1) is 6.91. The van der Waals surface area contributed by atoms with E-state index in [0.29, 0.717) is 17.2 Å². The Kier molecular flexibility index (Phi) is 3.79. The predicted molar refractivity (Wildman–Crippen MR) is 55.8 cm³/mol. The molecule has 0 N–H and O–H groups in total. The van der Waals surface area contributed by atoms with E-state index >= 15 is 0 Å². The fourth-order valence-corrected chi connectivity index (χ4v) is 1.41. The molecule has 0 fully saturated rings. The first-order valence-corrected chi connectivity index (χ1v) is 4.79. The molecule has 3 nitrogen and oxygen atoms in total. The van der Waals surface area contributed by atoms with E-state index in [-0.39, 0.29) is 5.15 Å². The molecule has 0 atom stereocenters. The van der Waals surface area contributed by atoms with Crippen molar-refractivity contribution in [2.45, 2.75) is 20.3 Å². The Morgan fingerprint density at radius 3 is 2.33 bits per heavy atom. The third-order valence-corrected chi connectivity index (χ3v) is 2.27. The third-order valence-electron chi connectivity index (χ3n) is 2.02. The molecule has 0 bridgehead atoms. The lowest BCUT2D eigenvalue weighted by Crippen LogP contribution is -2.25. The Labute approximate surface area is 92.1 Å². The Morgan fingerprint density at radius 2 is 1.80 bits per heavy atom. The molecule has 0 unspecified atom stereocenters. The van der Waals surface area contributed by atoms with Crippen molar-refractivity contribution in [1.29, 1.82) is 0 Å². The highest BCUT2D eigenvalue weighted by atomic mass is 35.5. The second-order valence-electron chi connectivity index (χ2n) is 3.28. The van der Waals surface area contributed by atoms with Gasteiger partial charge in [-0.15, -0.1) is 0 Å². The minimum absolute atomic E-state index is 0.154. The highest BCUT2D eigenvalue weighted by Crippen LogP contribution is 2.22. The van der Waals surface area contributed by atoms with Crippen molar-refractivity contribution in [1.82, 2.24) is 9.97 Å². The Hall–Kier alpha value is -0.970. The van der Waals surface area contributed by atoms with Crippen LogP contribution >= 0.6 is 11.6 Å². The van der Waals surface area contributed by atoms with Crippen LogP contribution in [0.5, 0.6) is 0 Å². The third kappa shape index (κ3) is 2.99. The summed E-state index contributed by atoms with van der Waals surface area (Å²) in [6, 6.07) is 0. The van der Waals surface area contributed by atoms with E-state index in [0.717, 1.165) is 0 Å². The summed E-state index contributed by atoms with van der Waals surface area (Å²) in [5.74, 6) is 0.292. The molecule has 0 spiro atoms. The molecule has 1 aromatic heterocycles. The van der Waals surface area contributed by atoms with Gasteiger partial charge in [-0.05, 0) is 13.8 Å². The molecule has 0 aliphatic rings. The van der Waals surface area contributed by atoms with Crippen molar-refractivity contribution < 1.29 is 8.78 Å². The van der Waals surface area contributed by atoms with Crippen LogP contribution in [0.4, 0.5) is 14.6 Å². The molecule has 0 radical (unpaired) electrons. The van der Waals surface area contributed by atoms with E-state index in [1.807, 2.05) is 0 Å². The van der Waals surface area contributed by atoms with Gasteiger partial charge in [0.15, 0.2) is 11.0 Å². The van der Waals surface area contributed by atoms with E-state index in [9.17, 15) is 8.78 Å². The molecule has 1 aromatic rings. The van der Waals surface area contributed by atoms with Crippen LogP contribution in [0, 0.1) is 13.8 Å². The van der Waals surface area contributed by atoms with Crippen molar-refractivity contribution in [3.8, 4) is 0 Å². The van der Waals surface area contributed by atoms with Crippen LogP contribution < -0.4 is 4.90 Å². The molecule has 0 amide bonds. The van der Waals surface area contributed by atoms with Gasteiger partial charge in [0.2, 0.25) is 0 Å². The smallest absolute Gasteiger partial charge is 0.255 e. The van der Waals surface area contributed by atoms with Crippen LogP contribution in [-0.2, 0) is 0 Å². The average Bonchev–Trinajstić information content (AvgIpc) is 2.09. The van der Waals surface area contributed by atoms with Gasteiger partial charge in [0.25, 0.3) is 6.43 Å². The number of rotatable bonds is 3. The normalized spacial score (nSPS) is 10.9. The lowest BCUT2D eigenvalue weighted by Gasteiger charge is -2.19. The topological polar surface area (TPSA) is 29.0 Å². The van der Waals surface area contributed by atoms with E-state index in [1.54, 1.807) is 13.8 Å². The number of hydrogen-bond acceptors (Lipinski definition) is 3. The standard InChI is InChI=1S/C9H12ClF2N3/c1-5-6(2)14-9(8(10)13-5)15(3)4-7(11)12/h7H,4H2,1-3H3. The lowest BCUT2D eigenvalue weighted by atomic mass is 10.3. The van der Waals surface area contributed by atoms with Crippen LogP contribution in [-0.4, -0.2) is 30.0 Å². The molecular weight excluding hydrogens is 224 g/mol. The molecule has 0 saturated carbocycles.